The van der Waals surface area contributed by atoms with Crippen LogP contribution in [-0.2, 0) is 0 Å². The van der Waals surface area contributed by atoms with Gasteiger partial charge in [-0.25, -0.2) is 13.2 Å². The Morgan fingerprint density at radius 1 is 1.05 bits per heavy atom. The first-order valence-corrected chi connectivity index (χ1v) is 7.06. The number of hydrogen-bond donors (Lipinski definition) is 1. The van der Waals surface area contributed by atoms with Crippen LogP contribution in [0.15, 0.2) is 41.3 Å². The molecular weight excluding hydrogens is 283 g/mol. The molecule has 1 unspecified atom stereocenters. The molecule has 0 amide bonds. The second-order valence-electron chi connectivity index (χ2n) is 4.44. The van der Waals surface area contributed by atoms with Gasteiger partial charge in [-0.05, 0) is 30.7 Å². The number of nitrogens with two attached hydrogens (primary N) is 1. The molecule has 0 aromatic heterocycles. The van der Waals surface area contributed by atoms with Crippen LogP contribution in [0, 0.1) is 24.4 Å². The van der Waals surface area contributed by atoms with E-state index in [0.29, 0.717) is 10.5 Å². The normalized spacial score (nSPS) is 12.4. The molecule has 0 fully saturated rings. The van der Waals surface area contributed by atoms with Crippen LogP contribution < -0.4 is 5.73 Å². The van der Waals surface area contributed by atoms with Gasteiger partial charge >= 0.3 is 0 Å². The third kappa shape index (κ3) is 3.16. The van der Waals surface area contributed by atoms with Gasteiger partial charge < -0.3 is 5.73 Å². The van der Waals surface area contributed by atoms with Crippen molar-refractivity contribution >= 4 is 11.8 Å². The van der Waals surface area contributed by atoms with Crippen LogP contribution in [-0.4, -0.2) is 5.75 Å². The highest BCUT2D eigenvalue weighted by molar-refractivity contribution is 7.99. The van der Waals surface area contributed by atoms with Crippen molar-refractivity contribution in [1.82, 2.24) is 0 Å². The summed E-state index contributed by atoms with van der Waals surface area (Å²) in [6, 6.07) is 7.95. The topological polar surface area (TPSA) is 26.0 Å². The van der Waals surface area contributed by atoms with E-state index in [2.05, 4.69) is 0 Å². The van der Waals surface area contributed by atoms with Crippen molar-refractivity contribution in [3.8, 4) is 0 Å². The Hall–Kier alpha value is -1.46. The van der Waals surface area contributed by atoms with Gasteiger partial charge in [-0.2, -0.15) is 0 Å². The summed E-state index contributed by atoms with van der Waals surface area (Å²) in [5, 5.41) is 0. The Morgan fingerprint density at radius 2 is 1.75 bits per heavy atom. The fourth-order valence-corrected chi connectivity index (χ4v) is 2.75. The lowest BCUT2D eigenvalue weighted by Crippen LogP contribution is -2.17. The molecule has 1 atom stereocenters. The minimum Gasteiger partial charge on any atom is -0.323 e. The summed E-state index contributed by atoms with van der Waals surface area (Å²) in [5.74, 6) is -1.48. The lowest BCUT2D eigenvalue weighted by atomic mass is 10.0. The Labute approximate surface area is 120 Å². The zero-order chi connectivity index (χ0) is 14.7. The number of aryl methyl sites for hydroxylation is 1. The number of benzene rings is 2. The molecule has 0 spiro atoms. The van der Waals surface area contributed by atoms with Crippen molar-refractivity contribution in [3.05, 3.63) is 65.0 Å². The maximum Gasteiger partial charge on any atom is 0.136 e. The van der Waals surface area contributed by atoms with Gasteiger partial charge in [0.15, 0.2) is 0 Å². The first kappa shape index (κ1) is 14.9. The largest absolute Gasteiger partial charge is 0.323 e. The number of hydrogen-bond acceptors (Lipinski definition) is 2. The summed E-state index contributed by atoms with van der Waals surface area (Å²) >= 11 is 1.14. The standard InChI is InChI=1S/C15H14F3NS/c1-9-6-7-11(17)14(15(9)18)12(19)8-20-13-5-3-2-4-10(13)16/h2-7,12H,8,19H2,1H3. The lowest BCUT2D eigenvalue weighted by molar-refractivity contribution is 0.533. The average Bonchev–Trinajstić information content (AvgIpc) is 2.42. The molecule has 0 aliphatic heterocycles. The minimum atomic E-state index is -0.834. The van der Waals surface area contributed by atoms with E-state index in [9.17, 15) is 13.2 Å². The molecule has 0 saturated carbocycles. The SMILES string of the molecule is Cc1ccc(F)c(C(N)CSc2ccccc2F)c1F. The number of halogens is 3. The van der Waals surface area contributed by atoms with Crippen LogP contribution in [0.3, 0.4) is 0 Å². The highest BCUT2D eigenvalue weighted by Gasteiger charge is 2.19. The van der Waals surface area contributed by atoms with Crippen molar-refractivity contribution in [2.24, 2.45) is 5.73 Å². The van der Waals surface area contributed by atoms with Crippen molar-refractivity contribution in [1.29, 1.82) is 0 Å². The van der Waals surface area contributed by atoms with E-state index in [1.165, 1.54) is 18.2 Å². The van der Waals surface area contributed by atoms with Crippen molar-refractivity contribution in [2.45, 2.75) is 17.9 Å². The Morgan fingerprint density at radius 3 is 2.45 bits per heavy atom. The summed E-state index contributed by atoms with van der Waals surface area (Å²) in [5.41, 5.74) is 6.04. The van der Waals surface area contributed by atoms with Crippen LogP contribution in [0.5, 0.6) is 0 Å². The molecule has 2 aromatic carbocycles. The summed E-state index contributed by atoms with van der Waals surface area (Å²) < 4.78 is 41.1. The van der Waals surface area contributed by atoms with Gasteiger partial charge in [0.2, 0.25) is 0 Å². The van der Waals surface area contributed by atoms with Gasteiger partial charge in [0.1, 0.15) is 17.5 Å². The van der Waals surface area contributed by atoms with Gasteiger partial charge in [-0.1, -0.05) is 18.2 Å². The van der Waals surface area contributed by atoms with Gasteiger partial charge in [-0.3, -0.25) is 0 Å². The first-order chi connectivity index (χ1) is 9.50. The second kappa shape index (κ2) is 6.33. The highest BCUT2D eigenvalue weighted by atomic mass is 32.2. The van der Waals surface area contributed by atoms with Crippen LogP contribution in [0.1, 0.15) is 17.2 Å². The number of thioether (sulfide) groups is 1. The summed E-state index contributed by atoms with van der Waals surface area (Å²) in [4.78, 5) is 0.413. The molecule has 2 rings (SSSR count). The van der Waals surface area contributed by atoms with Gasteiger partial charge in [0.25, 0.3) is 0 Å². The highest BCUT2D eigenvalue weighted by Crippen LogP contribution is 2.28. The van der Waals surface area contributed by atoms with E-state index < -0.39 is 17.7 Å². The van der Waals surface area contributed by atoms with Gasteiger partial charge in [0.05, 0.1) is 0 Å². The fourth-order valence-electron chi connectivity index (χ4n) is 1.84. The minimum absolute atomic E-state index is 0.145. The second-order valence-corrected chi connectivity index (χ2v) is 5.50. The van der Waals surface area contributed by atoms with Gasteiger partial charge in [0, 0.05) is 22.3 Å². The molecule has 106 valence electrons. The van der Waals surface area contributed by atoms with E-state index >= 15 is 0 Å². The third-order valence-corrected chi connectivity index (χ3v) is 4.11. The monoisotopic (exact) mass is 297 g/mol. The van der Waals surface area contributed by atoms with E-state index in [1.807, 2.05) is 0 Å². The molecule has 5 heteroatoms. The molecule has 2 aromatic rings. The molecule has 0 heterocycles. The quantitative estimate of drug-likeness (QED) is 0.856. The summed E-state index contributed by atoms with van der Waals surface area (Å²) in [6.07, 6.45) is 0. The van der Waals surface area contributed by atoms with E-state index in [1.54, 1.807) is 25.1 Å². The smallest absolute Gasteiger partial charge is 0.136 e. The van der Waals surface area contributed by atoms with E-state index in [-0.39, 0.29) is 17.1 Å². The van der Waals surface area contributed by atoms with Crippen molar-refractivity contribution in [3.63, 3.8) is 0 Å². The summed E-state index contributed by atoms with van der Waals surface area (Å²) in [7, 11) is 0. The van der Waals surface area contributed by atoms with E-state index in [4.69, 9.17) is 5.73 Å². The lowest BCUT2D eigenvalue weighted by Gasteiger charge is -2.15. The van der Waals surface area contributed by atoms with E-state index in [0.717, 1.165) is 11.8 Å². The van der Waals surface area contributed by atoms with Crippen LogP contribution in [0.2, 0.25) is 0 Å². The van der Waals surface area contributed by atoms with Crippen molar-refractivity contribution < 1.29 is 13.2 Å². The third-order valence-electron chi connectivity index (χ3n) is 2.95. The molecule has 0 saturated heterocycles. The summed E-state index contributed by atoms with van der Waals surface area (Å²) in [6.45, 7) is 1.55. The maximum atomic E-state index is 13.9. The molecule has 2 N–H and O–H groups in total. The molecule has 1 nitrogen and oxygen atoms in total. The average molecular weight is 297 g/mol. The Balaban J connectivity index is 2.15. The molecule has 0 aliphatic carbocycles. The molecule has 0 radical (unpaired) electrons. The first-order valence-electron chi connectivity index (χ1n) is 6.08. The fraction of sp³-hybridized carbons (Fsp3) is 0.200. The molecular formula is C15H14F3NS. The zero-order valence-corrected chi connectivity index (χ0v) is 11.7. The van der Waals surface area contributed by atoms with Crippen LogP contribution >= 0.6 is 11.8 Å². The van der Waals surface area contributed by atoms with Crippen LogP contribution in [0.4, 0.5) is 13.2 Å². The number of rotatable bonds is 4. The zero-order valence-electron chi connectivity index (χ0n) is 10.9. The Bertz CT molecular complexity index is 616. The molecule has 0 bridgehead atoms. The Kier molecular flexibility index (Phi) is 4.73. The molecule has 0 aliphatic rings. The van der Waals surface area contributed by atoms with Gasteiger partial charge in [-0.15, -0.1) is 11.8 Å². The van der Waals surface area contributed by atoms with Crippen molar-refractivity contribution in [2.75, 3.05) is 5.75 Å². The predicted octanol–water partition coefficient (Wildman–Crippen LogP) is 4.20. The van der Waals surface area contributed by atoms with Crippen LogP contribution in [0.25, 0.3) is 0 Å². The maximum absolute atomic E-state index is 13.9. The predicted molar refractivity (Wildman–Crippen MR) is 75.1 cm³/mol. The molecule has 20 heavy (non-hydrogen) atoms.